The summed E-state index contributed by atoms with van der Waals surface area (Å²) in [4.78, 5) is 28.4. The summed E-state index contributed by atoms with van der Waals surface area (Å²) in [7, 11) is 0. The number of hydrogen-bond donors (Lipinski definition) is 2. The second-order valence-corrected chi connectivity index (χ2v) is 6.14. The largest absolute Gasteiger partial charge is 0.348 e. The highest BCUT2D eigenvalue weighted by Gasteiger charge is 2.14. The number of fused-ring (bicyclic) bond motifs is 1. The van der Waals surface area contributed by atoms with E-state index in [1.807, 2.05) is 24.3 Å². The number of aromatic nitrogens is 3. The molecule has 0 aliphatic carbocycles. The Morgan fingerprint density at radius 2 is 2.09 bits per heavy atom. The van der Waals surface area contributed by atoms with Crippen molar-refractivity contribution in [2.24, 2.45) is 0 Å². The molecule has 0 atom stereocenters. The highest BCUT2D eigenvalue weighted by Crippen LogP contribution is 2.09. The van der Waals surface area contributed by atoms with Gasteiger partial charge in [-0.2, -0.15) is 0 Å². The van der Waals surface area contributed by atoms with E-state index in [-0.39, 0.29) is 11.5 Å². The van der Waals surface area contributed by atoms with Crippen molar-refractivity contribution in [1.29, 1.82) is 0 Å². The minimum absolute atomic E-state index is 0.237. The molecule has 7 heteroatoms. The second-order valence-electron chi connectivity index (χ2n) is 4.89. The summed E-state index contributed by atoms with van der Waals surface area (Å²) in [5.74, 6) is -0.269. The number of nitrogens with zero attached hydrogens (tertiary/aromatic N) is 2. The molecule has 22 heavy (non-hydrogen) atoms. The average Bonchev–Trinajstić information content (AvgIpc) is 2.90. The van der Waals surface area contributed by atoms with Crippen molar-refractivity contribution in [3.63, 3.8) is 0 Å². The molecule has 112 valence electrons. The summed E-state index contributed by atoms with van der Waals surface area (Å²) in [5, 5.41) is 5.59. The summed E-state index contributed by atoms with van der Waals surface area (Å²) in [6.07, 6.45) is 1.49. The van der Waals surface area contributed by atoms with Gasteiger partial charge in [-0.25, -0.2) is 9.50 Å². The van der Waals surface area contributed by atoms with Gasteiger partial charge in [0, 0.05) is 28.1 Å². The fourth-order valence-corrected chi connectivity index (χ4v) is 2.50. The summed E-state index contributed by atoms with van der Waals surface area (Å²) >= 11 is 2.23. The highest BCUT2D eigenvalue weighted by atomic mass is 127. The maximum Gasteiger partial charge on any atom is 0.272 e. The van der Waals surface area contributed by atoms with Gasteiger partial charge in [0.1, 0.15) is 5.56 Å². The van der Waals surface area contributed by atoms with Gasteiger partial charge in [0.25, 0.3) is 11.5 Å². The van der Waals surface area contributed by atoms with Crippen LogP contribution in [0.2, 0.25) is 0 Å². The number of amides is 1. The van der Waals surface area contributed by atoms with Crippen LogP contribution in [0.1, 0.15) is 21.6 Å². The van der Waals surface area contributed by atoms with Crippen LogP contribution >= 0.6 is 22.6 Å². The first-order valence-electron chi connectivity index (χ1n) is 6.65. The molecule has 2 heterocycles. The zero-order valence-electron chi connectivity index (χ0n) is 11.8. The molecule has 3 aromatic rings. The van der Waals surface area contributed by atoms with Gasteiger partial charge in [-0.05, 0) is 47.2 Å². The van der Waals surface area contributed by atoms with E-state index in [0.717, 1.165) is 9.13 Å². The third kappa shape index (κ3) is 2.89. The van der Waals surface area contributed by atoms with Crippen molar-refractivity contribution in [2.45, 2.75) is 13.5 Å². The molecule has 0 fully saturated rings. The molecular formula is C15H13IN4O2. The van der Waals surface area contributed by atoms with Gasteiger partial charge in [0.05, 0.1) is 0 Å². The van der Waals surface area contributed by atoms with Crippen molar-refractivity contribution in [3.05, 3.63) is 67.3 Å². The lowest BCUT2D eigenvalue weighted by Gasteiger charge is -2.04. The molecule has 0 unspecified atom stereocenters. The number of aromatic amines is 1. The Labute approximate surface area is 139 Å². The van der Waals surface area contributed by atoms with Crippen molar-refractivity contribution < 1.29 is 4.79 Å². The Morgan fingerprint density at radius 3 is 2.82 bits per heavy atom. The first-order chi connectivity index (χ1) is 10.5. The molecule has 2 N–H and O–H groups in total. The first kappa shape index (κ1) is 14.8. The van der Waals surface area contributed by atoms with E-state index in [1.165, 1.54) is 16.8 Å². The van der Waals surface area contributed by atoms with E-state index in [1.54, 1.807) is 6.92 Å². The molecule has 0 bridgehead atoms. The standard InChI is InChI=1S/C15H13IN4O2/c1-9-6-13(21)20-14(19-9)12(8-18-20)15(22)17-7-10-2-4-11(16)5-3-10/h2-6,8,18H,7H2,1H3,(H,17,22). The zero-order chi connectivity index (χ0) is 15.7. The topological polar surface area (TPSA) is 79.3 Å². The number of carbonyl (C=O) groups excluding carboxylic acids is 1. The molecule has 0 radical (unpaired) electrons. The number of carbonyl (C=O) groups is 1. The number of rotatable bonds is 3. The highest BCUT2D eigenvalue weighted by molar-refractivity contribution is 14.1. The summed E-state index contributed by atoms with van der Waals surface area (Å²) in [6.45, 7) is 2.14. The van der Waals surface area contributed by atoms with Gasteiger partial charge in [-0.15, -0.1) is 0 Å². The molecule has 3 rings (SSSR count). The predicted octanol–water partition coefficient (Wildman–Crippen LogP) is 1.87. The van der Waals surface area contributed by atoms with Crippen LogP contribution in [0.15, 0.2) is 41.3 Å². The van der Waals surface area contributed by atoms with Crippen molar-refractivity contribution in [1.82, 2.24) is 19.9 Å². The molecule has 2 aromatic heterocycles. The number of aryl methyl sites for hydroxylation is 1. The van der Waals surface area contributed by atoms with Crippen LogP contribution < -0.4 is 10.9 Å². The summed E-state index contributed by atoms with van der Waals surface area (Å²) < 4.78 is 2.40. The molecule has 0 saturated carbocycles. The lowest BCUT2D eigenvalue weighted by molar-refractivity contribution is 0.0952. The third-order valence-electron chi connectivity index (χ3n) is 3.24. The van der Waals surface area contributed by atoms with Crippen molar-refractivity contribution in [3.8, 4) is 0 Å². The number of halogens is 1. The predicted molar refractivity (Wildman–Crippen MR) is 90.9 cm³/mol. The third-order valence-corrected chi connectivity index (χ3v) is 3.96. The number of H-pyrrole nitrogens is 1. The van der Waals surface area contributed by atoms with Crippen LogP contribution in [-0.2, 0) is 6.54 Å². The van der Waals surface area contributed by atoms with E-state index >= 15 is 0 Å². The average molecular weight is 408 g/mol. The minimum Gasteiger partial charge on any atom is -0.348 e. The Balaban J connectivity index is 1.83. The molecule has 0 saturated heterocycles. The van der Waals surface area contributed by atoms with Gasteiger partial charge < -0.3 is 5.32 Å². The fraction of sp³-hybridized carbons (Fsp3) is 0.133. The lowest BCUT2D eigenvalue weighted by Crippen LogP contribution is -2.23. The van der Waals surface area contributed by atoms with Crippen molar-refractivity contribution in [2.75, 3.05) is 0 Å². The number of hydrogen-bond acceptors (Lipinski definition) is 3. The molecule has 1 aromatic carbocycles. The Bertz CT molecular complexity index is 896. The molecule has 0 aliphatic rings. The van der Waals surface area contributed by atoms with Gasteiger partial charge in [0.2, 0.25) is 0 Å². The van der Waals surface area contributed by atoms with Crippen LogP contribution in [0.5, 0.6) is 0 Å². The minimum atomic E-state index is -0.269. The van der Waals surface area contributed by atoms with Crippen LogP contribution in [-0.4, -0.2) is 20.5 Å². The smallest absolute Gasteiger partial charge is 0.272 e. The molecule has 0 aliphatic heterocycles. The Kier molecular flexibility index (Phi) is 3.97. The van der Waals surface area contributed by atoms with E-state index in [9.17, 15) is 9.59 Å². The summed E-state index contributed by atoms with van der Waals surface area (Å²) in [6, 6.07) is 9.31. The first-order valence-corrected chi connectivity index (χ1v) is 7.73. The quantitative estimate of drug-likeness (QED) is 0.650. The lowest BCUT2D eigenvalue weighted by atomic mass is 10.2. The Hall–Kier alpha value is -2.16. The maximum atomic E-state index is 12.3. The van der Waals surface area contributed by atoms with Gasteiger partial charge >= 0.3 is 0 Å². The van der Waals surface area contributed by atoms with E-state index in [0.29, 0.717) is 23.4 Å². The molecule has 1 amide bonds. The number of benzene rings is 1. The molecule has 6 nitrogen and oxygen atoms in total. The van der Waals surface area contributed by atoms with Gasteiger partial charge in [-0.1, -0.05) is 12.1 Å². The van der Waals surface area contributed by atoms with Gasteiger partial charge in [-0.3, -0.25) is 14.7 Å². The second kappa shape index (κ2) is 5.91. The normalized spacial score (nSPS) is 10.8. The van der Waals surface area contributed by atoms with Crippen LogP contribution in [0.4, 0.5) is 0 Å². The maximum absolute atomic E-state index is 12.3. The zero-order valence-corrected chi connectivity index (χ0v) is 13.9. The van der Waals surface area contributed by atoms with E-state index < -0.39 is 0 Å². The van der Waals surface area contributed by atoms with Crippen LogP contribution in [0.25, 0.3) is 5.65 Å². The van der Waals surface area contributed by atoms with Gasteiger partial charge in [0.15, 0.2) is 5.65 Å². The Morgan fingerprint density at radius 1 is 1.36 bits per heavy atom. The fourth-order valence-electron chi connectivity index (χ4n) is 2.14. The number of nitrogens with one attached hydrogen (secondary N) is 2. The monoisotopic (exact) mass is 408 g/mol. The molecular weight excluding hydrogens is 395 g/mol. The summed E-state index contributed by atoms with van der Waals surface area (Å²) in [5.41, 5.74) is 2.04. The molecule has 0 spiro atoms. The van der Waals surface area contributed by atoms with Crippen LogP contribution in [0, 0.1) is 10.5 Å². The SMILES string of the molecule is Cc1cc(=O)n2[nH]cc(C(=O)NCc3ccc(I)cc3)c2n1. The van der Waals surface area contributed by atoms with E-state index in [4.69, 9.17) is 0 Å². The van der Waals surface area contributed by atoms with Crippen LogP contribution in [0.3, 0.4) is 0 Å². The van der Waals surface area contributed by atoms with Crippen molar-refractivity contribution >= 4 is 34.1 Å². The van der Waals surface area contributed by atoms with E-state index in [2.05, 4.69) is 38.0 Å².